The van der Waals surface area contributed by atoms with Gasteiger partial charge in [0.1, 0.15) is 0 Å². The summed E-state index contributed by atoms with van der Waals surface area (Å²) < 4.78 is 2.60. The van der Waals surface area contributed by atoms with Crippen molar-refractivity contribution in [2.75, 3.05) is 4.90 Å². The van der Waals surface area contributed by atoms with Gasteiger partial charge < -0.3 is 4.90 Å². The highest BCUT2D eigenvalue weighted by atomic mass is 32.1. The number of hydrogen-bond acceptors (Lipinski definition) is 2. The number of benzene rings is 10. The molecule has 0 spiro atoms. The molecule has 14 rings (SSSR count). The zero-order chi connectivity index (χ0) is 52.4. The molecule has 78 heavy (non-hydrogen) atoms. The van der Waals surface area contributed by atoms with Gasteiger partial charge in [-0.3, -0.25) is 0 Å². The highest BCUT2D eigenvalue weighted by Crippen LogP contribution is 2.59. The van der Waals surface area contributed by atoms with Crippen molar-refractivity contribution in [3.63, 3.8) is 0 Å². The fourth-order valence-corrected chi connectivity index (χ4v) is 14.1. The van der Waals surface area contributed by atoms with E-state index >= 15 is 0 Å². The number of hydrogen-bond donors (Lipinski definition) is 0. The van der Waals surface area contributed by atoms with Crippen molar-refractivity contribution in [3.05, 3.63) is 299 Å². The molecule has 0 fully saturated rings. The van der Waals surface area contributed by atoms with Gasteiger partial charge in [0.05, 0.1) is 16.8 Å². The van der Waals surface area contributed by atoms with Gasteiger partial charge in [0.25, 0.3) is 0 Å². The third-order valence-electron chi connectivity index (χ3n) is 16.6. The molecule has 0 bridgehead atoms. The van der Waals surface area contributed by atoms with Crippen molar-refractivity contribution in [1.82, 2.24) is 0 Å². The number of fused-ring (bicyclic) bond motifs is 6. The molecule has 2 heteroatoms. The predicted molar refractivity (Wildman–Crippen MR) is 333 cm³/mol. The molecule has 372 valence electrons. The maximum absolute atomic E-state index is 3.52. The summed E-state index contributed by atoms with van der Waals surface area (Å²) in [5.74, 6) is 6.83. The van der Waals surface area contributed by atoms with Crippen LogP contribution in [0.2, 0.25) is 0 Å². The summed E-state index contributed by atoms with van der Waals surface area (Å²) in [5.41, 5.74) is 21.9. The number of nitrogens with zero attached hydrogens (tertiary/aromatic N) is 1. The average Bonchev–Trinajstić information content (AvgIpc) is 3.99. The predicted octanol–water partition coefficient (Wildman–Crippen LogP) is 20.5. The van der Waals surface area contributed by atoms with Gasteiger partial charge in [0.15, 0.2) is 0 Å². The third-order valence-corrected chi connectivity index (χ3v) is 17.7. The lowest BCUT2D eigenvalue weighted by molar-refractivity contribution is 0.590. The fraction of sp³-hybridized carbons (Fsp3) is 0.105. The molecule has 1 nitrogen and oxygen atoms in total. The Bertz CT molecular complexity index is 4330. The number of thiophene rings is 1. The van der Waals surface area contributed by atoms with Crippen LogP contribution in [0.15, 0.2) is 266 Å². The monoisotopic (exact) mass is 1020 g/mol. The molecular formula is C76H57NS. The van der Waals surface area contributed by atoms with E-state index in [9.17, 15) is 0 Å². The van der Waals surface area contributed by atoms with Gasteiger partial charge in [-0.1, -0.05) is 245 Å². The first-order valence-electron chi connectivity index (χ1n) is 27.4. The van der Waals surface area contributed by atoms with Gasteiger partial charge in [0.2, 0.25) is 0 Å². The largest absolute Gasteiger partial charge is 0.313 e. The SMILES string of the molecule is CC(C)(C)c1ccc(-c2ccc(N(C3=CC4=C(CC3)c3ccccc3C4(c3ccccc3)c3ccccc3)c3ccc4ccccc4c3-c3ccccc3-c3cccc4sc5ccccc5c34)c(C3=CC=CC#CC3)c2)cc1. The molecule has 3 aliphatic rings. The standard InChI is InChI=1S/C76H57NS/c1-75(2,3)55-43-39-51(40-44-55)54-42-47-69(66(49-54)52-23-8-4-5-9-24-52)77(58-45-46-62-61-32-18-20-36-67(61)76(68(62)50-58,56-26-10-6-11-27-56)57-28-12-7-13-29-57)70-48-41-53-25-14-15-30-59(53)73(70)63-33-17-16-31-60(63)64-35-22-38-72-74(64)65-34-19-21-37-71(65)78-72/h4,6-8,10-23,25-44,47-50H,24,45-46H2,1-3H3. The van der Waals surface area contributed by atoms with Crippen LogP contribution in [0.4, 0.5) is 11.4 Å². The van der Waals surface area contributed by atoms with Gasteiger partial charge in [0, 0.05) is 43.4 Å². The number of anilines is 2. The van der Waals surface area contributed by atoms with E-state index in [0.29, 0.717) is 6.42 Å². The van der Waals surface area contributed by atoms with Crippen LogP contribution in [0.1, 0.15) is 73.4 Å². The highest BCUT2D eigenvalue weighted by Gasteiger charge is 2.48. The third kappa shape index (κ3) is 7.84. The van der Waals surface area contributed by atoms with Crippen LogP contribution in [0.5, 0.6) is 0 Å². The molecule has 0 atom stereocenters. The summed E-state index contributed by atoms with van der Waals surface area (Å²) in [5, 5.41) is 5.01. The van der Waals surface area contributed by atoms with Crippen LogP contribution >= 0.6 is 11.3 Å². The number of rotatable bonds is 9. The molecule has 1 aromatic heterocycles. The molecule has 0 aliphatic heterocycles. The van der Waals surface area contributed by atoms with Crippen molar-refractivity contribution < 1.29 is 0 Å². The maximum Gasteiger partial charge on any atom is 0.0710 e. The normalized spacial score (nSPS) is 14.6. The van der Waals surface area contributed by atoms with Crippen LogP contribution in [0.25, 0.3) is 75.5 Å². The molecule has 1 heterocycles. The maximum atomic E-state index is 3.52. The van der Waals surface area contributed by atoms with E-state index in [1.165, 1.54) is 120 Å². The Morgan fingerprint density at radius 1 is 0.513 bits per heavy atom. The summed E-state index contributed by atoms with van der Waals surface area (Å²) in [6.07, 6.45) is 11.3. The van der Waals surface area contributed by atoms with Crippen LogP contribution in [-0.4, -0.2) is 0 Å². The molecule has 0 radical (unpaired) electrons. The van der Waals surface area contributed by atoms with Crippen LogP contribution in [-0.2, 0) is 10.8 Å². The Kier molecular flexibility index (Phi) is 11.7. The smallest absolute Gasteiger partial charge is 0.0710 e. The van der Waals surface area contributed by atoms with Crippen molar-refractivity contribution in [2.24, 2.45) is 0 Å². The molecule has 3 aliphatic carbocycles. The van der Waals surface area contributed by atoms with E-state index < -0.39 is 5.41 Å². The second kappa shape index (κ2) is 19.2. The Labute approximate surface area is 462 Å². The van der Waals surface area contributed by atoms with E-state index in [1.54, 1.807) is 0 Å². The van der Waals surface area contributed by atoms with Gasteiger partial charge >= 0.3 is 0 Å². The first kappa shape index (κ1) is 47.5. The van der Waals surface area contributed by atoms with Crippen molar-refractivity contribution in [2.45, 2.75) is 50.9 Å². The van der Waals surface area contributed by atoms with Crippen molar-refractivity contribution in [1.29, 1.82) is 0 Å². The summed E-state index contributed by atoms with van der Waals surface area (Å²) in [7, 11) is 0. The quantitative estimate of drug-likeness (QED) is 0.130. The summed E-state index contributed by atoms with van der Waals surface area (Å²) in [4.78, 5) is 2.66. The minimum Gasteiger partial charge on any atom is -0.313 e. The summed E-state index contributed by atoms with van der Waals surface area (Å²) in [6, 6.07) is 86.8. The first-order valence-corrected chi connectivity index (χ1v) is 28.2. The lowest BCUT2D eigenvalue weighted by Crippen LogP contribution is -2.31. The highest BCUT2D eigenvalue weighted by molar-refractivity contribution is 7.25. The Morgan fingerprint density at radius 2 is 1.15 bits per heavy atom. The number of allylic oxidation sites excluding steroid dienone is 8. The average molecular weight is 1020 g/mol. The lowest BCUT2D eigenvalue weighted by atomic mass is 9.66. The van der Waals surface area contributed by atoms with Gasteiger partial charge in [-0.05, 0) is 144 Å². The fourth-order valence-electron chi connectivity index (χ4n) is 13.0. The molecule has 0 unspecified atom stereocenters. The van der Waals surface area contributed by atoms with Crippen molar-refractivity contribution >= 4 is 64.8 Å². The topological polar surface area (TPSA) is 3.24 Å². The minimum absolute atomic E-state index is 0.0483. The minimum atomic E-state index is -0.553. The molecular weight excluding hydrogens is 959 g/mol. The Hall–Kier alpha value is -9.00. The van der Waals surface area contributed by atoms with Crippen LogP contribution < -0.4 is 4.90 Å². The molecule has 0 amide bonds. The molecule has 10 aromatic carbocycles. The molecule has 0 saturated carbocycles. The van der Waals surface area contributed by atoms with Gasteiger partial charge in [-0.25, -0.2) is 0 Å². The summed E-state index contributed by atoms with van der Waals surface area (Å²) in [6.45, 7) is 6.86. The Morgan fingerprint density at radius 3 is 1.94 bits per heavy atom. The molecule has 0 saturated heterocycles. The summed E-state index contributed by atoms with van der Waals surface area (Å²) >= 11 is 1.88. The van der Waals surface area contributed by atoms with Crippen LogP contribution in [0.3, 0.4) is 0 Å². The molecule has 0 N–H and O–H groups in total. The van der Waals surface area contributed by atoms with Crippen LogP contribution in [0, 0.1) is 11.8 Å². The van der Waals surface area contributed by atoms with Gasteiger partial charge in [-0.15, -0.1) is 11.3 Å². The second-order valence-electron chi connectivity index (χ2n) is 22.0. The van der Waals surface area contributed by atoms with Gasteiger partial charge in [-0.2, -0.15) is 0 Å². The van der Waals surface area contributed by atoms with E-state index in [4.69, 9.17) is 0 Å². The van der Waals surface area contributed by atoms with Crippen molar-refractivity contribution in [3.8, 4) is 45.2 Å². The van der Waals surface area contributed by atoms with E-state index in [0.717, 1.165) is 24.2 Å². The zero-order valence-corrected chi connectivity index (χ0v) is 45.0. The molecule has 11 aromatic rings. The van der Waals surface area contributed by atoms with E-state index in [-0.39, 0.29) is 5.41 Å². The zero-order valence-electron chi connectivity index (χ0n) is 44.2. The van der Waals surface area contributed by atoms with E-state index in [1.807, 2.05) is 17.4 Å². The first-order chi connectivity index (χ1) is 38.3. The Balaban J connectivity index is 1.08. The van der Waals surface area contributed by atoms with E-state index in [2.05, 4.69) is 286 Å². The lowest BCUT2D eigenvalue weighted by Gasteiger charge is -2.38. The second-order valence-corrected chi connectivity index (χ2v) is 23.1.